The second-order valence-electron chi connectivity index (χ2n) is 11.6. The van der Waals surface area contributed by atoms with Crippen LogP contribution in [-0.4, -0.2) is 71.7 Å². The number of hydrogen-bond acceptors (Lipinski definition) is 7. The first-order valence-electron chi connectivity index (χ1n) is 14.5. The molecular formula is C31H35N7O5. The standard InChI is InChI=1S/C31H35N7O5/c1-20(21-6-4-3-5-7-21)16-25(39)36-14-11-31(43,12-15-36)18-37-19-32-26-27(29(37)40)33-35(2)28(26)23-9-8-22-10-13-38(24(22)17-23)34-30(41)42/h3-9,17,19-20,34,43H,10-16,18H2,1-2H3,(H,41,42). The number of benzene rings is 2. The summed E-state index contributed by atoms with van der Waals surface area (Å²) in [5, 5.41) is 26.6. The Kier molecular flexibility index (Phi) is 7.38. The molecule has 0 saturated carbocycles. The molecule has 6 rings (SSSR count). The summed E-state index contributed by atoms with van der Waals surface area (Å²) in [6.45, 7) is 3.46. The van der Waals surface area contributed by atoms with Crippen molar-refractivity contribution >= 4 is 28.7 Å². The highest BCUT2D eigenvalue weighted by Crippen LogP contribution is 2.34. The van der Waals surface area contributed by atoms with Gasteiger partial charge in [-0.05, 0) is 42.4 Å². The number of aliphatic hydroxyl groups is 1. The minimum atomic E-state index is -1.15. The molecule has 224 valence electrons. The Morgan fingerprint density at radius 2 is 1.81 bits per heavy atom. The Balaban J connectivity index is 1.17. The van der Waals surface area contributed by atoms with Gasteiger partial charge in [-0.3, -0.25) is 23.8 Å². The van der Waals surface area contributed by atoms with E-state index in [1.165, 1.54) is 10.9 Å². The van der Waals surface area contributed by atoms with Crippen LogP contribution in [0.2, 0.25) is 0 Å². The quantitative estimate of drug-likeness (QED) is 0.300. The molecule has 4 aromatic rings. The first kappa shape index (κ1) is 28.4. The minimum Gasteiger partial charge on any atom is -0.464 e. The molecule has 2 amide bonds. The molecule has 2 aromatic carbocycles. The van der Waals surface area contributed by atoms with Crippen LogP contribution in [0.1, 0.15) is 43.2 Å². The van der Waals surface area contributed by atoms with Crippen LogP contribution >= 0.6 is 0 Å². The van der Waals surface area contributed by atoms with Crippen molar-refractivity contribution in [2.24, 2.45) is 7.05 Å². The smallest absolute Gasteiger partial charge is 0.423 e. The van der Waals surface area contributed by atoms with Crippen molar-refractivity contribution in [3.8, 4) is 11.3 Å². The number of aryl methyl sites for hydroxylation is 1. The molecule has 2 aliphatic rings. The van der Waals surface area contributed by atoms with E-state index >= 15 is 0 Å². The number of nitrogens with zero attached hydrogens (tertiary/aromatic N) is 6. The Hall–Kier alpha value is -4.71. The van der Waals surface area contributed by atoms with Gasteiger partial charge in [0.05, 0.1) is 29.9 Å². The summed E-state index contributed by atoms with van der Waals surface area (Å²) in [6, 6.07) is 15.7. The van der Waals surface area contributed by atoms with E-state index in [4.69, 9.17) is 0 Å². The molecule has 12 heteroatoms. The van der Waals surface area contributed by atoms with E-state index in [9.17, 15) is 24.6 Å². The third-order valence-electron chi connectivity index (χ3n) is 8.66. The van der Waals surface area contributed by atoms with Crippen molar-refractivity contribution in [2.45, 2.75) is 50.7 Å². The number of likely N-dealkylation sites (tertiary alicyclic amines) is 1. The summed E-state index contributed by atoms with van der Waals surface area (Å²) in [4.78, 5) is 44.1. The number of carboxylic acid groups (broad SMARTS) is 1. The van der Waals surface area contributed by atoms with Crippen LogP contribution in [0.15, 0.2) is 59.7 Å². The fraction of sp³-hybridized carbons (Fsp3) is 0.387. The molecule has 2 aliphatic heterocycles. The summed E-state index contributed by atoms with van der Waals surface area (Å²) in [7, 11) is 1.74. The number of amides is 2. The third-order valence-corrected chi connectivity index (χ3v) is 8.66. The Bertz CT molecular complexity index is 1740. The number of carbonyl (C=O) groups excluding carboxylic acids is 1. The van der Waals surface area contributed by atoms with Gasteiger partial charge in [-0.1, -0.05) is 49.4 Å². The first-order chi connectivity index (χ1) is 20.6. The molecule has 0 aliphatic carbocycles. The highest BCUT2D eigenvalue weighted by molar-refractivity contribution is 5.90. The lowest BCUT2D eigenvalue weighted by Crippen LogP contribution is -2.49. The summed E-state index contributed by atoms with van der Waals surface area (Å²) in [5.41, 5.74) is 5.81. The molecule has 0 spiro atoms. The van der Waals surface area contributed by atoms with Crippen molar-refractivity contribution in [2.75, 3.05) is 24.6 Å². The molecule has 43 heavy (non-hydrogen) atoms. The molecule has 1 unspecified atom stereocenters. The summed E-state index contributed by atoms with van der Waals surface area (Å²) in [5.74, 6) is 0.166. The Morgan fingerprint density at radius 1 is 1.07 bits per heavy atom. The van der Waals surface area contributed by atoms with E-state index in [2.05, 4.69) is 15.5 Å². The van der Waals surface area contributed by atoms with Crippen LogP contribution in [0.25, 0.3) is 22.3 Å². The first-order valence-corrected chi connectivity index (χ1v) is 14.5. The largest absolute Gasteiger partial charge is 0.464 e. The van der Waals surface area contributed by atoms with Crippen molar-refractivity contribution in [3.63, 3.8) is 0 Å². The van der Waals surface area contributed by atoms with Gasteiger partial charge in [0.25, 0.3) is 5.56 Å². The Labute approximate surface area is 248 Å². The normalized spacial score (nSPS) is 16.7. The van der Waals surface area contributed by atoms with Crippen LogP contribution in [0.4, 0.5) is 10.5 Å². The van der Waals surface area contributed by atoms with Crippen molar-refractivity contribution < 1.29 is 19.8 Å². The van der Waals surface area contributed by atoms with E-state index in [0.29, 0.717) is 56.5 Å². The monoisotopic (exact) mass is 585 g/mol. The summed E-state index contributed by atoms with van der Waals surface area (Å²) < 4.78 is 3.00. The number of hydrogen-bond donors (Lipinski definition) is 3. The molecule has 0 radical (unpaired) electrons. The fourth-order valence-electron chi connectivity index (χ4n) is 6.23. The van der Waals surface area contributed by atoms with Crippen molar-refractivity contribution in [1.29, 1.82) is 0 Å². The lowest BCUT2D eigenvalue weighted by Gasteiger charge is -2.38. The fourth-order valence-corrected chi connectivity index (χ4v) is 6.23. The van der Waals surface area contributed by atoms with Gasteiger partial charge in [0.2, 0.25) is 5.91 Å². The average molecular weight is 586 g/mol. The zero-order chi connectivity index (χ0) is 30.3. The highest BCUT2D eigenvalue weighted by atomic mass is 16.4. The SMILES string of the molecule is CC(CC(=O)N1CCC(O)(Cn2cnc3c(-c4ccc5c(c4)N(NC(=O)O)CC5)n(C)nc3c2=O)CC1)c1ccccc1. The number of piperidine rings is 1. The van der Waals surface area contributed by atoms with Crippen molar-refractivity contribution in [1.82, 2.24) is 29.7 Å². The number of rotatable bonds is 7. The van der Waals surface area contributed by atoms with Crippen LogP contribution in [0, 0.1) is 0 Å². The van der Waals surface area contributed by atoms with Crippen LogP contribution in [0.5, 0.6) is 0 Å². The number of carbonyl (C=O) groups is 2. The van der Waals surface area contributed by atoms with Gasteiger partial charge >= 0.3 is 6.09 Å². The topological polar surface area (TPSA) is 146 Å². The molecule has 1 saturated heterocycles. The number of nitrogens with one attached hydrogen (secondary N) is 1. The highest BCUT2D eigenvalue weighted by Gasteiger charge is 2.35. The van der Waals surface area contributed by atoms with Gasteiger partial charge < -0.3 is 15.1 Å². The summed E-state index contributed by atoms with van der Waals surface area (Å²) >= 11 is 0. The number of anilines is 1. The lowest BCUT2D eigenvalue weighted by atomic mass is 9.90. The molecule has 4 heterocycles. The van der Waals surface area contributed by atoms with Crippen LogP contribution < -0.4 is 16.0 Å². The van der Waals surface area contributed by atoms with Crippen LogP contribution in [-0.2, 0) is 24.8 Å². The Morgan fingerprint density at radius 3 is 2.53 bits per heavy atom. The predicted molar refractivity (Wildman–Crippen MR) is 161 cm³/mol. The second-order valence-corrected chi connectivity index (χ2v) is 11.6. The molecular weight excluding hydrogens is 550 g/mol. The van der Waals surface area contributed by atoms with Crippen LogP contribution in [0.3, 0.4) is 0 Å². The zero-order valence-corrected chi connectivity index (χ0v) is 24.2. The summed E-state index contributed by atoms with van der Waals surface area (Å²) in [6.07, 6.45) is 2.13. The maximum absolute atomic E-state index is 13.5. The lowest BCUT2D eigenvalue weighted by molar-refractivity contribution is -0.136. The molecule has 0 bridgehead atoms. The van der Waals surface area contributed by atoms with Gasteiger partial charge in [-0.2, -0.15) is 5.10 Å². The molecule has 2 aromatic heterocycles. The molecule has 12 nitrogen and oxygen atoms in total. The van der Waals surface area contributed by atoms with Gasteiger partial charge in [0.1, 0.15) is 5.52 Å². The molecule has 1 fully saturated rings. The van der Waals surface area contributed by atoms with Crippen molar-refractivity contribution in [3.05, 3.63) is 76.3 Å². The second kappa shape index (κ2) is 11.2. The number of fused-ring (bicyclic) bond motifs is 2. The third kappa shape index (κ3) is 5.57. The maximum atomic E-state index is 13.5. The van der Waals surface area contributed by atoms with E-state index in [-0.39, 0.29) is 29.4 Å². The molecule has 1 atom stereocenters. The zero-order valence-electron chi connectivity index (χ0n) is 24.2. The maximum Gasteiger partial charge on any atom is 0.423 e. The molecule has 3 N–H and O–H groups in total. The number of aromatic nitrogens is 4. The predicted octanol–water partition coefficient (Wildman–Crippen LogP) is 2.89. The van der Waals surface area contributed by atoms with E-state index < -0.39 is 11.7 Å². The number of hydrazine groups is 1. The van der Waals surface area contributed by atoms with Gasteiger partial charge in [0.15, 0.2) is 5.52 Å². The van der Waals surface area contributed by atoms with E-state index in [1.807, 2.05) is 55.5 Å². The van der Waals surface area contributed by atoms with E-state index in [1.54, 1.807) is 21.6 Å². The van der Waals surface area contributed by atoms with E-state index in [0.717, 1.165) is 22.4 Å². The average Bonchev–Trinajstić information content (AvgIpc) is 3.54. The minimum absolute atomic E-state index is 0.0534. The van der Waals surface area contributed by atoms with Gasteiger partial charge in [-0.15, -0.1) is 0 Å². The van der Waals surface area contributed by atoms with Gasteiger partial charge in [0, 0.05) is 38.7 Å². The van der Waals surface area contributed by atoms with Gasteiger partial charge in [-0.25, -0.2) is 15.2 Å².